The number of nitriles is 1. The molecule has 2 heterocycles. The van der Waals surface area contributed by atoms with Crippen LogP contribution in [0.5, 0.6) is 17.2 Å². The Balaban J connectivity index is 1.49. The first kappa shape index (κ1) is 19.6. The van der Waals surface area contributed by atoms with Crippen molar-refractivity contribution in [1.82, 2.24) is 0 Å². The number of amides is 1. The maximum atomic E-state index is 12.6. The lowest BCUT2D eigenvalue weighted by Crippen LogP contribution is -2.36. The number of nitrogens with zero attached hydrogens (tertiary/aromatic N) is 2. The normalized spacial score (nSPS) is 15.5. The van der Waals surface area contributed by atoms with Gasteiger partial charge in [0.2, 0.25) is 12.5 Å². The third kappa shape index (κ3) is 4.16. The Morgan fingerprint density at radius 1 is 1.20 bits per heavy atom. The Morgan fingerprint density at radius 2 is 1.97 bits per heavy atom. The molecule has 0 bridgehead atoms. The molecule has 2 aromatic rings. The predicted octanol–water partition coefficient (Wildman–Crippen LogP) is 2.81. The summed E-state index contributed by atoms with van der Waals surface area (Å²) in [5.41, 5.74) is 2.25. The van der Waals surface area contributed by atoms with E-state index in [4.69, 9.17) is 18.9 Å². The molecule has 0 aromatic heterocycles. The maximum absolute atomic E-state index is 12.6. The van der Waals surface area contributed by atoms with Crippen LogP contribution in [-0.4, -0.2) is 46.1 Å². The zero-order chi connectivity index (χ0) is 20.9. The molecular formula is C22H21N3O5. The molecule has 1 fully saturated rings. The summed E-state index contributed by atoms with van der Waals surface area (Å²) in [4.78, 5) is 14.8. The van der Waals surface area contributed by atoms with Crippen LogP contribution in [0.2, 0.25) is 0 Å². The minimum Gasteiger partial charge on any atom is -0.493 e. The molecule has 4 rings (SSSR count). The van der Waals surface area contributed by atoms with Gasteiger partial charge in [0.25, 0.3) is 5.91 Å². The van der Waals surface area contributed by atoms with Crippen molar-refractivity contribution in [3.05, 3.63) is 47.5 Å². The van der Waals surface area contributed by atoms with Crippen LogP contribution < -0.4 is 24.4 Å². The molecule has 2 aromatic carbocycles. The molecule has 0 radical (unpaired) electrons. The summed E-state index contributed by atoms with van der Waals surface area (Å²) in [7, 11) is 1.52. The summed E-state index contributed by atoms with van der Waals surface area (Å²) < 4.78 is 21.4. The molecule has 0 spiro atoms. The second-order valence-corrected chi connectivity index (χ2v) is 6.73. The zero-order valence-electron chi connectivity index (χ0n) is 16.5. The zero-order valence-corrected chi connectivity index (χ0v) is 16.5. The van der Waals surface area contributed by atoms with Gasteiger partial charge in [-0.1, -0.05) is 0 Å². The molecule has 1 N–H and O–H groups in total. The Labute approximate surface area is 174 Å². The SMILES string of the molecule is COc1cc(/C=C(\C#N)C(=O)Nc2ccc(N3CCOCC3)cc2)cc2c1OCO2. The average Bonchev–Trinajstić information content (AvgIpc) is 3.26. The van der Waals surface area contributed by atoms with Crippen molar-refractivity contribution in [3.63, 3.8) is 0 Å². The summed E-state index contributed by atoms with van der Waals surface area (Å²) in [6.07, 6.45) is 1.49. The first-order valence-corrected chi connectivity index (χ1v) is 9.51. The number of methoxy groups -OCH3 is 1. The molecule has 0 atom stereocenters. The smallest absolute Gasteiger partial charge is 0.266 e. The molecular weight excluding hydrogens is 386 g/mol. The van der Waals surface area contributed by atoms with Gasteiger partial charge < -0.3 is 29.2 Å². The molecule has 1 amide bonds. The van der Waals surface area contributed by atoms with Gasteiger partial charge in [0.05, 0.1) is 20.3 Å². The Morgan fingerprint density at radius 3 is 2.67 bits per heavy atom. The Hall–Kier alpha value is -3.70. The number of hydrogen-bond donors (Lipinski definition) is 1. The number of carbonyl (C=O) groups excluding carboxylic acids is 1. The largest absolute Gasteiger partial charge is 0.493 e. The summed E-state index contributed by atoms with van der Waals surface area (Å²) in [6.45, 7) is 3.20. The van der Waals surface area contributed by atoms with Crippen LogP contribution in [0.3, 0.4) is 0 Å². The molecule has 0 aliphatic carbocycles. The van der Waals surface area contributed by atoms with E-state index in [-0.39, 0.29) is 12.4 Å². The van der Waals surface area contributed by atoms with Crippen molar-refractivity contribution in [2.24, 2.45) is 0 Å². The predicted molar refractivity (Wildman–Crippen MR) is 111 cm³/mol. The Kier molecular flexibility index (Phi) is 5.72. The first-order chi connectivity index (χ1) is 14.7. The van der Waals surface area contributed by atoms with Gasteiger partial charge in [-0.3, -0.25) is 4.79 Å². The fourth-order valence-corrected chi connectivity index (χ4v) is 3.32. The van der Waals surface area contributed by atoms with Crippen molar-refractivity contribution < 1.29 is 23.7 Å². The van der Waals surface area contributed by atoms with Crippen LogP contribution in [0.15, 0.2) is 42.0 Å². The summed E-state index contributed by atoms with van der Waals surface area (Å²) in [5, 5.41) is 12.2. The number of fused-ring (bicyclic) bond motifs is 1. The van der Waals surface area contributed by atoms with Crippen LogP contribution in [0.1, 0.15) is 5.56 Å². The van der Waals surface area contributed by atoms with Gasteiger partial charge in [-0.15, -0.1) is 0 Å². The van der Waals surface area contributed by atoms with Gasteiger partial charge >= 0.3 is 0 Å². The number of benzene rings is 2. The van der Waals surface area contributed by atoms with Crippen LogP contribution in [0.4, 0.5) is 11.4 Å². The third-order valence-electron chi connectivity index (χ3n) is 4.86. The number of rotatable bonds is 5. The topological polar surface area (TPSA) is 93.1 Å². The average molecular weight is 407 g/mol. The van der Waals surface area contributed by atoms with E-state index < -0.39 is 5.91 Å². The van der Waals surface area contributed by atoms with Gasteiger partial charge in [0.15, 0.2) is 11.5 Å². The molecule has 8 nitrogen and oxygen atoms in total. The second kappa shape index (κ2) is 8.76. The second-order valence-electron chi connectivity index (χ2n) is 6.73. The van der Waals surface area contributed by atoms with Crippen molar-refractivity contribution >= 4 is 23.4 Å². The van der Waals surface area contributed by atoms with Crippen molar-refractivity contribution in [2.45, 2.75) is 0 Å². The summed E-state index contributed by atoms with van der Waals surface area (Å²) in [6, 6.07) is 12.9. The van der Waals surface area contributed by atoms with Crippen LogP contribution >= 0.6 is 0 Å². The lowest BCUT2D eigenvalue weighted by atomic mass is 10.1. The number of anilines is 2. The lowest BCUT2D eigenvalue weighted by molar-refractivity contribution is -0.112. The highest BCUT2D eigenvalue weighted by Crippen LogP contribution is 2.42. The van der Waals surface area contributed by atoms with E-state index in [1.165, 1.54) is 13.2 Å². The molecule has 2 aliphatic heterocycles. The lowest BCUT2D eigenvalue weighted by Gasteiger charge is -2.28. The Bertz CT molecular complexity index is 1000. The van der Waals surface area contributed by atoms with Crippen molar-refractivity contribution in [2.75, 3.05) is 50.4 Å². The molecule has 154 valence electrons. The van der Waals surface area contributed by atoms with E-state index in [0.717, 1.165) is 18.8 Å². The minimum absolute atomic E-state index is 0.0341. The minimum atomic E-state index is -0.492. The first-order valence-electron chi connectivity index (χ1n) is 9.51. The van der Waals surface area contributed by atoms with Crippen molar-refractivity contribution in [1.29, 1.82) is 5.26 Å². The van der Waals surface area contributed by atoms with E-state index in [0.29, 0.717) is 41.7 Å². The third-order valence-corrected chi connectivity index (χ3v) is 4.86. The fraction of sp³-hybridized carbons (Fsp3) is 0.273. The molecule has 2 aliphatic rings. The number of morpholine rings is 1. The summed E-state index contributed by atoms with van der Waals surface area (Å²) in [5.74, 6) is 1.01. The fourth-order valence-electron chi connectivity index (χ4n) is 3.32. The van der Waals surface area contributed by atoms with Crippen LogP contribution in [0.25, 0.3) is 6.08 Å². The van der Waals surface area contributed by atoms with Gasteiger partial charge in [-0.25, -0.2) is 0 Å². The van der Waals surface area contributed by atoms with E-state index in [2.05, 4.69) is 10.2 Å². The van der Waals surface area contributed by atoms with Crippen LogP contribution in [-0.2, 0) is 9.53 Å². The molecule has 1 saturated heterocycles. The van der Waals surface area contributed by atoms with Gasteiger partial charge in [0.1, 0.15) is 11.6 Å². The standard InChI is InChI=1S/C22H21N3O5/c1-27-19-11-15(12-20-21(19)30-14-29-20)10-16(13-23)22(26)24-17-2-4-18(5-3-17)25-6-8-28-9-7-25/h2-5,10-12H,6-9,14H2,1H3,(H,24,26)/b16-10+. The van der Waals surface area contributed by atoms with Gasteiger partial charge in [-0.2, -0.15) is 5.26 Å². The highest BCUT2D eigenvalue weighted by Gasteiger charge is 2.20. The van der Waals surface area contributed by atoms with Crippen molar-refractivity contribution in [3.8, 4) is 23.3 Å². The number of ether oxygens (including phenoxy) is 4. The van der Waals surface area contributed by atoms with E-state index in [1.54, 1.807) is 12.1 Å². The monoisotopic (exact) mass is 407 g/mol. The molecule has 30 heavy (non-hydrogen) atoms. The molecule has 0 saturated carbocycles. The van der Waals surface area contributed by atoms with E-state index in [1.807, 2.05) is 30.3 Å². The highest BCUT2D eigenvalue weighted by atomic mass is 16.7. The quantitative estimate of drug-likeness (QED) is 0.602. The van der Waals surface area contributed by atoms with Crippen LogP contribution in [0, 0.1) is 11.3 Å². The number of hydrogen-bond acceptors (Lipinski definition) is 7. The van der Waals surface area contributed by atoms with Gasteiger partial charge in [0, 0.05) is 24.5 Å². The molecule has 0 unspecified atom stereocenters. The van der Waals surface area contributed by atoms with E-state index >= 15 is 0 Å². The van der Waals surface area contributed by atoms with E-state index in [9.17, 15) is 10.1 Å². The summed E-state index contributed by atoms with van der Waals surface area (Å²) >= 11 is 0. The maximum Gasteiger partial charge on any atom is 0.266 e. The molecule has 8 heteroatoms. The number of nitrogens with one attached hydrogen (secondary N) is 1. The number of carbonyl (C=O) groups is 1. The van der Waals surface area contributed by atoms with Gasteiger partial charge in [-0.05, 0) is 48.0 Å². The highest BCUT2D eigenvalue weighted by molar-refractivity contribution is 6.09.